The fourth-order valence-electron chi connectivity index (χ4n) is 5.52. The Morgan fingerprint density at radius 1 is 0.979 bits per heavy atom. The van der Waals surface area contributed by atoms with Crippen LogP contribution in [0.5, 0.6) is 0 Å². The van der Waals surface area contributed by atoms with Crippen molar-refractivity contribution < 1.29 is 31.9 Å². The van der Waals surface area contributed by atoms with Crippen molar-refractivity contribution >= 4 is 23.5 Å². The molecule has 238 valence electrons. The van der Waals surface area contributed by atoms with Crippen LogP contribution in [0.25, 0.3) is 5.69 Å². The molecule has 0 unspecified atom stereocenters. The number of nitrogens with zero attached hydrogens (tertiary/aromatic N) is 6. The van der Waals surface area contributed by atoms with Crippen LogP contribution in [0.15, 0.2) is 78.9 Å². The molecule has 0 radical (unpaired) electrons. The number of benzene rings is 3. The molecule has 0 fully saturated rings. The molecule has 0 saturated heterocycles. The zero-order chi connectivity index (χ0) is 33.9. The van der Waals surface area contributed by atoms with E-state index >= 15 is 0 Å². The van der Waals surface area contributed by atoms with Crippen molar-refractivity contribution in [3.8, 4) is 17.8 Å². The average Bonchev–Trinajstić information content (AvgIpc) is 3.45. The summed E-state index contributed by atoms with van der Waals surface area (Å²) in [5, 5.41) is 25.9. The van der Waals surface area contributed by atoms with E-state index in [1.807, 2.05) is 12.1 Å². The van der Waals surface area contributed by atoms with Gasteiger partial charge in [0.25, 0.3) is 17.7 Å². The van der Waals surface area contributed by atoms with Crippen molar-refractivity contribution in [2.45, 2.75) is 25.1 Å². The van der Waals surface area contributed by atoms with E-state index < -0.39 is 60.3 Å². The molecule has 10 nitrogen and oxygen atoms in total. The number of amides is 3. The van der Waals surface area contributed by atoms with Crippen molar-refractivity contribution in [1.82, 2.24) is 20.0 Å². The highest BCUT2D eigenvalue weighted by Crippen LogP contribution is 2.44. The molecule has 2 heterocycles. The molecule has 47 heavy (non-hydrogen) atoms. The maximum Gasteiger partial charge on any atom is 0.416 e. The first-order valence-electron chi connectivity index (χ1n) is 14.3. The average molecular weight is 644 g/mol. The minimum absolute atomic E-state index is 0.0180. The van der Waals surface area contributed by atoms with Gasteiger partial charge in [0.1, 0.15) is 30.8 Å². The molecule has 0 bridgehead atoms. The summed E-state index contributed by atoms with van der Waals surface area (Å²) in [7, 11) is 0. The van der Waals surface area contributed by atoms with Gasteiger partial charge in [-0.05, 0) is 55.0 Å². The summed E-state index contributed by atoms with van der Waals surface area (Å²) in [6.45, 7) is 0.733. The summed E-state index contributed by atoms with van der Waals surface area (Å²) >= 11 is 0. The molecule has 3 aromatic carbocycles. The van der Waals surface area contributed by atoms with Gasteiger partial charge in [0, 0.05) is 23.6 Å². The molecule has 0 saturated carbocycles. The Bertz CT molecular complexity index is 1900. The first kappa shape index (κ1) is 32.4. The molecule has 5 rings (SSSR count). The molecule has 1 aromatic heterocycles. The lowest BCUT2D eigenvalue weighted by Gasteiger charge is -2.38. The van der Waals surface area contributed by atoms with E-state index in [1.54, 1.807) is 37.3 Å². The second kappa shape index (κ2) is 13.1. The van der Waals surface area contributed by atoms with Crippen LogP contribution in [0, 0.1) is 28.5 Å². The van der Waals surface area contributed by atoms with E-state index in [4.69, 9.17) is 0 Å². The summed E-state index contributed by atoms with van der Waals surface area (Å²) in [6, 6.07) is 19.3. The largest absolute Gasteiger partial charge is 0.416 e. The molecule has 2 atom stereocenters. The molecule has 3 amide bonds. The Balaban J connectivity index is 1.76. The number of aromatic nitrogens is 2. The van der Waals surface area contributed by atoms with Crippen molar-refractivity contribution in [3.05, 3.63) is 113 Å². The minimum atomic E-state index is -4.73. The number of hydrogen-bond acceptors (Lipinski definition) is 6. The zero-order valence-electron chi connectivity index (χ0n) is 24.7. The maximum absolute atomic E-state index is 14.3. The quantitative estimate of drug-likeness (QED) is 0.216. The first-order chi connectivity index (χ1) is 22.5. The Kier molecular flexibility index (Phi) is 9.05. The number of rotatable bonds is 8. The van der Waals surface area contributed by atoms with E-state index in [0.717, 1.165) is 35.2 Å². The van der Waals surface area contributed by atoms with Crippen LogP contribution in [-0.2, 0) is 11.0 Å². The zero-order valence-corrected chi connectivity index (χ0v) is 24.7. The predicted octanol–water partition coefficient (Wildman–Crippen LogP) is 4.82. The van der Waals surface area contributed by atoms with Crippen molar-refractivity contribution in [3.63, 3.8) is 0 Å². The predicted molar refractivity (Wildman–Crippen MR) is 160 cm³/mol. The van der Waals surface area contributed by atoms with Gasteiger partial charge in [0.15, 0.2) is 5.69 Å². The van der Waals surface area contributed by atoms with Gasteiger partial charge in [-0.15, -0.1) is 0 Å². The molecular formula is C33H25F4N7O3. The number of nitrogens with one attached hydrogen (secondary N) is 1. The number of fused-ring (bicyclic) bond motifs is 1. The van der Waals surface area contributed by atoms with Crippen LogP contribution >= 0.6 is 0 Å². The van der Waals surface area contributed by atoms with Gasteiger partial charge in [0.05, 0.1) is 23.4 Å². The number of anilines is 1. The fourth-order valence-corrected chi connectivity index (χ4v) is 5.52. The van der Waals surface area contributed by atoms with Crippen LogP contribution in [0.1, 0.15) is 50.4 Å². The van der Waals surface area contributed by atoms with Gasteiger partial charge in [-0.1, -0.05) is 36.4 Å². The van der Waals surface area contributed by atoms with Crippen LogP contribution in [0.2, 0.25) is 0 Å². The number of hydrogen-bond donors (Lipinski definition) is 1. The minimum Gasteiger partial charge on any atom is -0.339 e. The summed E-state index contributed by atoms with van der Waals surface area (Å²) in [6.07, 6.45) is -4.73. The Morgan fingerprint density at radius 2 is 1.64 bits per heavy atom. The molecule has 0 spiro atoms. The van der Waals surface area contributed by atoms with Gasteiger partial charge in [-0.2, -0.15) is 28.8 Å². The third-order valence-electron chi connectivity index (χ3n) is 7.63. The number of likely N-dealkylation sites (N-methyl/N-ethyl adjacent to an activating group) is 1. The monoisotopic (exact) mass is 643 g/mol. The number of halogens is 4. The maximum atomic E-state index is 14.3. The lowest BCUT2D eigenvalue weighted by Crippen LogP contribution is -2.55. The normalized spacial score (nSPS) is 15.7. The molecule has 1 aliphatic rings. The molecule has 1 aliphatic heterocycles. The number of carbonyl (C=O) groups is 3. The Morgan fingerprint density at radius 3 is 2.23 bits per heavy atom. The van der Waals surface area contributed by atoms with E-state index in [0.29, 0.717) is 11.8 Å². The topological polar surface area (TPSA) is 135 Å². The summed E-state index contributed by atoms with van der Waals surface area (Å²) in [4.78, 5) is 44.1. The lowest BCUT2D eigenvalue weighted by atomic mass is 9.80. The standard InChI is InChI=1S/C33H25F4N7O3/c1-2-43-30-26(28(31(46)42(17-15-38)18-16-39)41-44(30)24-9-4-3-5-10-24)25(20-11-13-23(34)14-12-20)27(32(43)47)40-29(45)21-7-6-8-22(19-21)33(35,36)37/h3-14,19,25,27H,2,17-18H2,1H3,(H,40,45)/t25-,27-/m0/s1. The number of carbonyl (C=O) groups excluding carboxylic acids is 3. The Labute approximate surface area is 266 Å². The molecule has 0 aliphatic carbocycles. The molecular weight excluding hydrogens is 618 g/mol. The summed E-state index contributed by atoms with van der Waals surface area (Å²) in [5.41, 5.74) is -0.829. The van der Waals surface area contributed by atoms with Crippen LogP contribution in [0.3, 0.4) is 0 Å². The fraction of sp³-hybridized carbons (Fsp3) is 0.212. The van der Waals surface area contributed by atoms with E-state index in [2.05, 4.69) is 10.4 Å². The van der Waals surface area contributed by atoms with Crippen LogP contribution in [0.4, 0.5) is 23.4 Å². The molecule has 4 aromatic rings. The van der Waals surface area contributed by atoms with Crippen molar-refractivity contribution in [2.24, 2.45) is 0 Å². The molecule has 1 N–H and O–H groups in total. The highest BCUT2D eigenvalue weighted by Gasteiger charge is 2.47. The highest BCUT2D eigenvalue weighted by molar-refractivity contribution is 6.07. The van der Waals surface area contributed by atoms with E-state index in [1.165, 1.54) is 21.7 Å². The van der Waals surface area contributed by atoms with E-state index in [-0.39, 0.29) is 34.7 Å². The van der Waals surface area contributed by atoms with Gasteiger partial charge in [0.2, 0.25) is 0 Å². The number of nitriles is 2. The van der Waals surface area contributed by atoms with Gasteiger partial charge in [-0.25, -0.2) is 9.07 Å². The van der Waals surface area contributed by atoms with Gasteiger partial charge in [-0.3, -0.25) is 19.3 Å². The second-order valence-corrected chi connectivity index (χ2v) is 10.5. The third-order valence-corrected chi connectivity index (χ3v) is 7.63. The van der Waals surface area contributed by atoms with Crippen LogP contribution < -0.4 is 10.2 Å². The van der Waals surface area contributed by atoms with Crippen molar-refractivity contribution in [2.75, 3.05) is 24.5 Å². The molecule has 14 heteroatoms. The first-order valence-corrected chi connectivity index (χ1v) is 14.3. The number of para-hydroxylation sites is 1. The smallest absolute Gasteiger partial charge is 0.339 e. The Hall–Kier alpha value is -6.02. The summed E-state index contributed by atoms with van der Waals surface area (Å²) < 4.78 is 55.9. The SMILES string of the molecule is CCN1C(=O)[C@@H](NC(=O)c2cccc(C(F)(F)F)c2)[C@@H](c2ccc(F)cc2)c2c(C(=O)N(CC#N)CC#N)nn(-c3ccccc3)c21. The van der Waals surface area contributed by atoms with Gasteiger partial charge >= 0.3 is 6.18 Å². The van der Waals surface area contributed by atoms with E-state index in [9.17, 15) is 42.5 Å². The lowest BCUT2D eigenvalue weighted by molar-refractivity contribution is -0.137. The van der Waals surface area contributed by atoms with Crippen LogP contribution in [-0.4, -0.2) is 58.1 Å². The second-order valence-electron chi connectivity index (χ2n) is 10.5. The third kappa shape index (κ3) is 6.26. The summed E-state index contributed by atoms with van der Waals surface area (Å²) in [5.74, 6) is -4.16. The number of alkyl halides is 3. The van der Waals surface area contributed by atoms with Gasteiger partial charge < -0.3 is 10.2 Å². The highest BCUT2D eigenvalue weighted by atomic mass is 19.4. The van der Waals surface area contributed by atoms with Crippen molar-refractivity contribution in [1.29, 1.82) is 10.5 Å².